The van der Waals surface area contributed by atoms with Gasteiger partial charge in [-0.3, -0.25) is 0 Å². The molecular weight excluding hydrogens is 394 g/mol. The number of carbonyl (C=O) groups is 2. The Morgan fingerprint density at radius 2 is 1.96 bits per heavy atom. The third-order valence-electron chi connectivity index (χ3n) is 3.31. The van der Waals surface area contributed by atoms with Crippen LogP contribution in [0.1, 0.15) is 15.9 Å². The minimum Gasteiger partial charge on any atom is -0.465 e. The van der Waals surface area contributed by atoms with Crippen molar-refractivity contribution in [1.29, 1.82) is 0 Å². The quantitative estimate of drug-likeness (QED) is 0.326. The fraction of sp³-hybridized carbons (Fsp3) is 0.333. The van der Waals surface area contributed by atoms with Gasteiger partial charge in [0.2, 0.25) is 5.16 Å². The SMILES string of the molecule is COC(=O)c1cc(-c2nc(SCOC(=O)C(F)(F)F)nn2C)c(F)cc1C. The molecule has 12 heteroatoms. The van der Waals surface area contributed by atoms with Gasteiger partial charge in [0.25, 0.3) is 0 Å². The van der Waals surface area contributed by atoms with Gasteiger partial charge in [0.15, 0.2) is 5.82 Å². The summed E-state index contributed by atoms with van der Waals surface area (Å²) < 4.78 is 60.4. The Hall–Kier alpha value is -2.63. The maximum atomic E-state index is 14.3. The minimum atomic E-state index is -5.10. The maximum absolute atomic E-state index is 14.3. The monoisotopic (exact) mass is 407 g/mol. The second-order valence-electron chi connectivity index (χ2n) is 5.17. The van der Waals surface area contributed by atoms with Crippen LogP contribution in [0.2, 0.25) is 0 Å². The molecule has 0 fully saturated rings. The lowest BCUT2D eigenvalue weighted by Gasteiger charge is -2.08. The van der Waals surface area contributed by atoms with E-state index in [1.807, 2.05) is 0 Å². The van der Waals surface area contributed by atoms with Gasteiger partial charge < -0.3 is 9.47 Å². The first-order valence-corrected chi connectivity index (χ1v) is 8.19. The van der Waals surface area contributed by atoms with E-state index in [2.05, 4.69) is 19.6 Å². The molecule has 0 saturated heterocycles. The molecule has 1 aromatic carbocycles. The van der Waals surface area contributed by atoms with E-state index in [0.717, 1.165) is 6.07 Å². The van der Waals surface area contributed by atoms with Gasteiger partial charge in [0.1, 0.15) is 11.8 Å². The van der Waals surface area contributed by atoms with E-state index in [0.29, 0.717) is 17.3 Å². The van der Waals surface area contributed by atoms with Crippen molar-refractivity contribution in [2.24, 2.45) is 7.05 Å². The van der Waals surface area contributed by atoms with E-state index in [1.54, 1.807) is 0 Å². The van der Waals surface area contributed by atoms with E-state index in [4.69, 9.17) is 0 Å². The number of rotatable bonds is 5. The summed E-state index contributed by atoms with van der Waals surface area (Å²) in [6.07, 6.45) is -5.10. The number of aryl methyl sites for hydroxylation is 2. The summed E-state index contributed by atoms with van der Waals surface area (Å²) in [5.74, 6) is -4.31. The fourth-order valence-corrected chi connectivity index (χ4v) is 2.65. The van der Waals surface area contributed by atoms with E-state index < -0.39 is 29.9 Å². The summed E-state index contributed by atoms with van der Waals surface area (Å²) in [5.41, 5.74) is 0.444. The molecule has 0 radical (unpaired) electrons. The van der Waals surface area contributed by atoms with Crippen LogP contribution in [-0.2, 0) is 21.3 Å². The zero-order valence-electron chi connectivity index (χ0n) is 14.3. The van der Waals surface area contributed by atoms with E-state index in [9.17, 15) is 27.2 Å². The highest BCUT2D eigenvalue weighted by Gasteiger charge is 2.40. The van der Waals surface area contributed by atoms with Crippen molar-refractivity contribution in [2.45, 2.75) is 18.3 Å². The highest BCUT2D eigenvalue weighted by atomic mass is 32.2. The van der Waals surface area contributed by atoms with Crippen molar-refractivity contribution in [2.75, 3.05) is 13.0 Å². The molecule has 0 spiro atoms. The molecule has 1 heterocycles. The Morgan fingerprint density at radius 1 is 1.30 bits per heavy atom. The largest absolute Gasteiger partial charge is 0.490 e. The van der Waals surface area contributed by atoms with Crippen molar-refractivity contribution < 1.29 is 36.6 Å². The number of benzene rings is 1. The Kier molecular flexibility index (Phi) is 6.08. The molecule has 2 rings (SSSR count). The van der Waals surface area contributed by atoms with E-state index >= 15 is 0 Å². The topological polar surface area (TPSA) is 83.3 Å². The smallest absolute Gasteiger partial charge is 0.465 e. The van der Waals surface area contributed by atoms with Crippen LogP contribution in [0.5, 0.6) is 0 Å². The Labute approximate surface area is 154 Å². The number of ether oxygens (including phenoxy) is 2. The minimum absolute atomic E-state index is 0.0299. The van der Waals surface area contributed by atoms with Crippen molar-refractivity contribution in [3.05, 3.63) is 29.1 Å². The zero-order chi connectivity index (χ0) is 20.4. The van der Waals surface area contributed by atoms with E-state index in [-0.39, 0.29) is 22.1 Å². The second-order valence-corrected chi connectivity index (χ2v) is 6.06. The van der Waals surface area contributed by atoms with Crippen molar-refractivity contribution >= 4 is 23.7 Å². The number of nitrogens with zero attached hydrogens (tertiary/aromatic N) is 3. The first-order chi connectivity index (χ1) is 12.5. The maximum Gasteiger partial charge on any atom is 0.490 e. The molecule has 2 aromatic rings. The summed E-state index contributed by atoms with van der Waals surface area (Å²) >= 11 is 0.618. The molecule has 146 valence electrons. The van der Waals surface area contributed by atoms with Crippen molar-refractivity contribution in [1.82, 2.24) is 14.8 Å². The standard InChI is InChI=1S/C15H13F4N3O4S/c1-7-4-10(16)9(5-8(7)12(23)25-3)11-20-14(21-22(11)2)27-6-26-13(24)15(17,18)19/h4-5H,6H2,1-3H3. The molecule has 27 heavy (non-hydrogen) atoms. The van der Waals surface area contributed by atoms with Crippen LogP contribution in [0.3, 0.4) is 0 Å². The van der Waals surface area contributed by atoms with E-state index in [1.165, 1.54) is 31.8 Å². The number of carbonyl (C=O) groups excluding carboxylic acids is 2. The third kappa shape index (κ3) is 4.76. The van der Waals surface area contributed by atoms with Crippen molar-refractivity contribution in [3.8, 4) is 11.4 Å². The Bertz CT molecular complexity index is 883. The molecule has 0 aliphatic heterocycles. The van der Waals surface area contributed by atoms with Crippen LogP contribution in [0.4, 0.5) is 17.6 Å². The molecule has 0 amide bonds. The summed E-state index contributed by atoms with van der Waals surface area (Å²) in [7, 11) is 2.62. The Balaban J connectivity index is 2.24. The van der Waals surface area contributed by atoms with Gasteiger partial charge in [-0.1, -0.05) is 0 Å². The molecule has 0 aliphatic rings. The highest BCUT2D eigenvalue weighted by molar-refractivity contribution is 7.99. The number of alkyl halides is 3. The Morgan fingerprint density at radius 3 is 2.56 bits per heavy atom. The van der Waals surface area contributed by atoms with Gasteiger partial charge in [-0.2, -0.15) is 13.2 Å². The number of hydrogen-bond donors (Lipinski definition) is 0. The van der Waals surface area contributed by atoms with Gasteiger partial charge in [-0.05, 0) is 36.4 Å². The fourth-order valence-electron chi connectivity index (χ4n) is 2.05. The summed E-state index contributed by atoms with van der Waals surface area (Å²) in [4.78, 5) is 26.4. The number of aromatic nitrogens is 3. The number of halogens is 4. The van der Waals surface area contributed by atoms with Gasteiger partial charge >= 0.3 is 18.1 Å². The number of esters is 2. The predicted octanol–water partition coefficient (Wildman–Crippen LogP) is 2.87. The average Bonchev–Trinajstić information content (AvgIpc) is 2.94. The van der Waals surface area contributed by atoms with Crippen LogP contribution >= 0.6 is 11.8 Å². The first-order valence-electron chi connectivity index (χ1n) is 7.21. The second kappa shape index (κ2) is 7.94. The lowest BCUT2D eigenvalue weighted by Crippen LogP contribution is -2.25. The first kappa shape index (κ1) is 20.7. The van der Waals surface area contributed by atoms with Crippen LogP contribution in [0, 0.1) is 12.7 Å². The normalized spacial score (nSPS) is 11.4. The molecule has 0 saturated carbocycles. The van der Waals surface area contributed by atoms with Crippen LogP contribution in [0.15, 0.2) is 17.3 Å². The number of thioether (sulfide) groups is 1. The zero-order valence-corrected chi connectivity index (χ0v) is 15.1. The third-order valence-corrected chi connectivity index (χ3v) is 3.98. The molecule has 0 N–H and O–H groups in total. The predicted molar refractivity (Wildman–Crippen MR) is 85.3 cm³/mol. The molecule has 7 nitrogen and oxygen atoms in total. The number of methoxy groups -OCH3 is 1. The lowest BCUT2D eigenvalue weighted by atomic mass is 10.0. The summed E-state index contributed by atoms with van der Waals surface area (Å²) in [6, 6.07) is 2.38. The van der Waals surface area contributed by atoms with Crippen LogP contribution in [0.25, 0.3) is 11.4 Å². The van der Waals surface area contributed by atoms with Crippen LogP contribution < -0.4 is 0 Å². The van der Waals surface area contributed by atoms with Gasteiger partial charge in [0.05, 0.1) is 18.2 Å². The van der Waals surface area contributed by atoms with Gasteiger partial charge in [0, 0.05) is 7.05 Å². The molecule has 0 unspecified atom stereocenters. The van der Waals surface area contributed by atoms with Crippen LogP contribution in [-0.4, -0.2) is 45.9 Å². The molecule has 0 atom stereocenters. The number of hydrogen-bond acceptors (Lipinski definition) is 7. The van der Waals surface area contributed by atoms with Gasteiger partial charge in [-0.25, -0.2) is 23.6 Å². The molecule has 1 aromatic heterocycles. The summed E-state index contributed by atoms with van der Waals surface area (Å²) in [5, 5.41) is 3.88. The molecular formula is C15H13F4N3O4S. The van der Waals surface area contributed by atoms with Crippen molar-refractivity contribution in [3.63, 3.8) is 0 Å². The lowest BCUT2D eigenvalue weighted by molar-refractivity contribution is -0.197. The average molecular weight is 407 g/mol. The van der Waals surface area contributed by atoms with Gasteiger partial charge in [-0.15, -0.1) is 5.10 Å². The molecule has 0 bridgehead atoms. The molecule has 0 aliphatic carbocycles. The summed E-state index contributed by atoms with van der Waals surface area (Å²) in [6.45, 7) is 1.53. The highest BCUT2D eigenvalue weighted by Crippen LogP contribution is 2.27.